The molecule has 150 valence electrons. The number of hydroxylamine groups is 2. The van der Waals surface area contributed by atoms with E-state index in [1.165, 1.54) is 19.3 Å². The standard InChI is InChI=1S/C23H29NO4/c1-13-14(2)27-22-16(21(13)25)10-11-18-19(22)20-17(12-26-18)23(3,4)28-24(20)15-8-6-5-7-9-15/h10-11,15,17,20H,5-9,12H2,1-4H3/t17-,20-/m0/s1. The van der Waals surface area contributed by atoms with Gasteiger partial charge in [0.1, 0.15) is 17.1 Å². The van der Waals surface area contributed by atoms with Crippen molar-refractivity contribution in [3.05, 3.63) is 39.2 Å². The van der Waals surface area contributed by atoms with Gasteiger partial charge in [0.15, 0.2) is 5.43 Å². The fraction of sp³-hybridized carbons (Fsp3) is 0.609. The second-order valence-corrected chi connectivity index (χ2v) is 9.18. The van der Waals surface area contributed by atoms with Gasteiger partial charge in [0.25, 0.3) is 0 Å². The van der Waals surface area contributed by atoms with Crippen LogP contribution < -0.4 is 10.2 Å². The summed E-state index contributed by atoms with van der Waals surface area (Å²) < 4.78 is 12.4. The lowest BCUT2D eigenvalue weighted by molar-refractivity contribution is -0.223. The van der Waals surface area contributed by atoms with Gasteiger partial charge >= 0.3 is 0 Å². The Labute approximate surface area is 165 Å². The summed E-state index contributed by atoms with van der Waals surface area (Å²) in [5.74, 6) is 1.69. The molecule has 3 aliphatic rings. The number of ether oxygens (including phenoxy) is 1. The lowest BCUT2D eigenvalue weighted by Crippen LogP contribution is -2.39. The molecule has 0 spiro atoms. The van der Waals surface area contributed by atoms with Crippen molar-refractivity contribution >= 4 is 11.0 Å². The molecule has 0 N–H and O–H groups in total. The first-order chi connectivity index (χ1) is 13.4. The minimum absolute atomic E-state index is 0.0473. The van der Waals surface area contributed by atoms with E-state index >= 15 is 0 Å². The van der Waals surface area contributed by atoms with Gasteiger partial charge in [0.05, 0.1) is 29.2 Å². The van der Waals surface area contributed by atoms with E-state index in [-0.39, 0.29) is 23.0 Å². The quantitative estimate of drug-likeness (QED) is 0.707. The Morgan fingerprint density at radius 1 is 1.11 bits per heavy atom. The molecule has 0 amide bonds. The van der Waals surface area contributed by atoms with Crippen molar-refractivity contribution in [2.75, 3.05) is 6.61 Å². The normalized spacial score (nSPS) is 27.4. The Morgan fingerprint density at radius 3 is 2.61 bits per heavy atom. The molecule has 1 aliphatic carbocycles. The summed E-state index contributed by atoms with van der Waals surface area (Å²) in [6.45, 7) is 8.62. The molecule has 5 heteroatoms. The van der Waals surface area contributed by atoms with E-state index in [2.05, 4.69) is 18.9 Å². The van der Waals surface area contributed by atoms with Gasteiger partial charge in [-0.05, 0) is 52.7 Å². The van der Waals surface area contributed by atoms with E-state index in [4.69, 9.17) is 14.0 Å². The number of fused-ring (bicyclic) bond motifs is 5. The maximum atomic E-state index is 12.9. The average Bonchev–Trinajstić information content (AvgIpc) is 2.97. The molecule has 2 aliphatic heterocycles. The fourth-order valence-corrected chi connectivity index (χ4v) is 5.26. The summed E-state index contributed by atoms with van der Waals surface area (Å²) in [5, 5.41) is 2.87. The smallest absolute Gasteiger partial charge is 0.195 e. The van der Waals surface area contributed by atoms with Crippen molar-refractivity contribution < 1.29 is 14.0 Å². The maximum absolute atomic E-state index is 12.9. The summed E-state index contributed by atoms with van der Waals surface area (Å²) in [4.78, 5) is 19.5. The molecule has 1 saturated carbocycles. The lowest BCUT2D eigenvalue weighted by Gasteiger charge is -2.37. The lowest BCUT2D eigenvalue weighted by atomic mass is 9.80. The molecule has 0 radical (unpaired) electrons. The summed E-state index contributed by atoms with van der Waals surface area (Å²) >= 11 is 0. The molecule has 2 aromatic rings. The van der Waals surface area contributed by atoms with Crippen molar-refractivity contribution in [1.82, 2.24) is 5.06 Å². The minimum Gasteiger partial charge on any atom is -0.493 e. The Hall–Kier alpha value is -1.85. The van der Waals surface area contributed by atoms with E-state index in [0.29, 0.717) is 34.9 Å². The molecule has 1 saturated heterocycles. The number of hydrogen-bond donors (Lipinski definition) is 0. The Balaban J connectivity index is 1.73. The molecule has 0 unspecified atom stereocenters. The maximum Gasteiger partial charge on any atom is 0.195 e. The van der Waals surface area contributed by atoms with E-state index in [0.717, 1.165) is 24.2 Å². The molecule has 3 heterocycles. The molecule has 2 atom stereocenters. The van der Waals surface area contributed by atoms with Crippen molar-refractivity contribution in [3.63, 3.8) is 0 Å². The largest absolute Gasteiger partial charge is 0.493 e. The predicted octanol–water partition coefficient (Wildman–Crippen LogP) is 4.82. The van der Waals surface area contributed by atoms with Gasteiger partial charge in [-0.15, -0.1) is 0 Å². The summed E-state index contributed by atoms with van der Waals surface area (Å²) in [5.41, 5.74) is 2.06. The van der Waals surface area contributed by atoms with E-state index in [9.17, 15) is 4.79 Å². The van der Waals surface area contributed by atoms with E-state index in [1.54, 1.807) is 0 Å². The molecule has 5 nitrogen and oxygen atoms in total. The third-order valence-electron chi connectivity index (χ3n) is 7.06. The van der Waals surface area contributed by atoms with Gasteiger partial charge in [-0.1, -0.05) is 19.3 Å². The van der Waals surface area contributed by atoms with Crippen molar-refractivity contribution in [1.29, 1.82) is 0 Å². The zero-order valence-corrected chi connectivity index (χ0v) is 17.2. The summed E-state index contributed by atoms with van der Waals surface area (Å²) in [7, 11) is 0. The van der Waals surface area contributed by atoms with Crippen LogP contribution in [0.15, 0.2) is 21.3 Å². The van der Waals surface area contributed by atoms with Gasteiger partial charge in [0.2, 0.25) is 0 Å². The average molecular weight is 383 g/mol. The van der Waals surface area contributed by atoms with Crippen LogP contribution in [0.2, 0.25) is 0 Å². The van der Waals surface area contributed by atoms with Crippen molar-refractivity contribution in [2.45, 2.75) is 77.5 Å². The van der Waals surface area contributed by atoms with E-state index < -0.39 is 0 Å². The molecular weight excluding hydrogens is 354 g/mol. The van der Waals surface area contributed by atoms with Crippen LogP contribution in [-0.4, -0.2) is 23.3 Å². The van der Waals surface area contributed by atoms with Crippen molar-refractivity contribution in [3.8, 4) is 5.75 Å². The Bertz CT molecular complexity index is 986. The highest BCUT2D eigenvalue weighted by Gasteiger charge is 2.55. The zero-order valence-electron chi connectivity index (χ0n) is 17.2. The van der Waals surface area contributed by atoms with Gasteiger partial charge < -0.3 is 9.15 Å². The predicted molar refractivity (Wildman–Crippen MR) is 108 cm³/mol. The third-order valence-corrected chi connectivity index (χ3v) is 7.06. The van der Waals surface area contributed by atoms with Crippen molar-refractivity contribution in [2.24, 2.45) is 5.92 Å². The molecule has 28 heavy (non-hydrogen) atoms. The van der Waals surface area contributed by atoms with Gasteiger partial charge in [-0.2, -0.15) is 5.06 Å². The van der Waals surface area contributed by atoms with Crippen LogP contribution in [0.1, 0.15) is 68.9 Å². The fourth-order valence-electron chi connectivity index (χ4n) is 5.26. The van der Waals surface area contributed by atoms with Crippen LogP contribution in [-0.2, 0) is 4.84 Å². The second kappa shape index (κ2) is 6.33. The molecule has 5 rings (SSSR count). The number of nitrogens with zero attached hydrogens (tertiary/aromatic N) is 1. The SMILES string of the molecule is Cc1oc2c3c(ccc2c(=O)c1C)OC[C@H]1[C@@H]3N(C2CCCCC2)OC1(C)C. The topological polar surface area (TPSA) is 51.9 Å². The highest BCUT2D eigenvalue weighted by molar-refractivity contribution is 5.83. The molecular formula is C23H29NO4. The van der Waals surface area contributed by atoms with E-state index in [1.807, 2.05) is 26.0 Å². The highest BCUT2D eigenvalue weighted by Crippen LogP contribution is 2.54. The summed E-state index contributed by atoms with van der Waals surface area (Å²) in [6, 6.07) is 4.24. The Morgan fingerprint density at radius 2 is 1.86 bits per heavy atom. The molecule has 0 bridgehead atoms. The van der Waals surface area contributed by atoms with Crippen LogP contribution >= 0.6 is 0 Å². The first-order valence-corrected chi connectivity index (χ1v) is 10.6. The zero-order chi connectivity index (χ0) is 19.6. The van der Waals surface area contributed by atoms with Crippen LogP contribution in [0.4, 0.5) is 0 Å². The number of benzene rings is 1. The minimum atomic E-state index is -0.317. The van der Waals surface area contributed by atoms with Crippen LogP contribution in [0, 0.1) is 19.8 Å². The van der Waals surface area contributed by atoms with Crippen LogP contribution in [0.3, 0.4) is 0 Å². The molecule has 1 aromatic carbocycles. The molecule has 2 fully saturated rings. The Kier molecular flexibility index (Phi) is 4.11. The molecule has 1 aromatic heterocycles. The summed E-state index contributed by atoms with van der Waals surface area (Å²) in [6.07, 6.45) is 6.10. The second-order valence-electron chi connectivity index (χ2n) is 9.18. The number of rotatable bonds is 1. The number of hydrogen-bond acceptors (Lipinski definition) is 5. The van der Waals surface area contributed by atoms with Gasteiger partial charge in [-0.25, -0.2) is 0 Å². The van der Waals surface area contributed by atoms with Crippen LogP contribution in [0.5, 0.6) is 5.75 Å². The highest BCUT2D eigenvalue weighted by atomic mass is 16.7. The third kappa shape index (κ3) is 2.56. The van der Waals surface area contributed by atoms with Gasteiger partial charge in [-0.3, -0.25) is 9.63 Å². The first-order valence-electron chi connectivity index (χ1n) is 10.6. The monoisotopic (exact) mass is 383 g/mol. The number of aryl methyl sites for hydroxylation is 1. The van der Waals surface area contributed by atoms with Gasteiger partial charge in [0, 0.05) is 17.5 Å². The first kappa shape index (κ1) is 18.2. The van der Waals surface area contributed by atoms with Crippen LogP contribution in [0.25, 0.3) is 11.0 Å².